The van der Waals surface area contributed by atoms with E-state index < -0.39 is 12.0 Å². The van der Waals surface area contributed by atoms with Gasteiger partial charge in [-0.25, -0.2) is 9.59 Å². The topological polar surface area (TPSA) is 61.9 Å². The molecule has 1 N–H and O–H groups in total. The molecule has 1 aromatic carbocycles. The van der Waals surface area contributed by atoms with Crippen LogP contribution in [0.15, 0.2) is 30.3 Å². The molecule has 1 aromatic rings. The number of carbonyl (C=O) groups is 2. The van der Waals surface area contributed by atoms with Crippen molar-refractivity contribution < 1.29 is 14.3 Å². The van der Waals surface area contributed by atoms with E-state index in [1.54, 1.807) is 4.90 Å². The zero-order chi connectivity index (χ0) is 17.5. The van der Waals surface area contributed by atoms with Gasteiger partial charge in [-0.05, 0) is 18.5 Å². The van der Waals surface area contributed by atoms with Gasteiger partial charge in [0, 0.05) is 26.2 Å². The van der Waals surface area contributed by atoms with Gasteiger partial charge in [-0.15, -0.1) is 0 Å². The third-order valence-electron chi connectivity index (χ3n) is 4.21. The Morgan fingerprint density at radius 3 is 2.33 bits per heavy atom. The number of piperazine rings is 1. The van der Waals surface area contributed by atoms with Crippen molar-refractivity contribution in [1.29, 1.82) is 0 Å². The van der Waals surface area contributed by atoms with Crippen molar-refractivity contribution >= 4 is 12.0 Å². The van der Waals surface area contributed by atoms with E-state index in [4.69, 9.17) is 4.74 Å². The van der Waals surface area contributed by atoms with Crippen LogP contribution < -0.4 is 5.32 Å². The number of hydrogen-bond acceptors (Lipinski definition) is 4. The summed E-state index contributed by atoms with van der Waals surface area (Å²) in [6.45, 7) is 7.06. The summed E-state index contributed by atoms with van der Waals surface area (Å²) in [6.07, 6.45) is 0. The molecule has 0 aromatic heterocycles. The fourth-order valence-electron chi connectivity index (χ4n) is 2.55. The fourth-order valence-corrected chi connectivity index (χ4v) is 2.55. The maximum absolute atomic E-state index is 12.4. The molecule has 1 atom stereocenters. The second-order valence-electron chi connectivity index (χ2n) is 6.55. The average Bonchev–Trinajstić information content (AvgIpc) is 2.58. The summed E-state index contributed by atoms with van der Waals surface area (Å²) in [6, 6.07) is 8.69. The number of amides is 2. The maximum atomic E-state index is 12.4. The van der Waals surface area contributed by atoms with Crippen molar-refractivity contribution in [3.8, 4) is 0 Å². The lowest BCUT2D eigenvalue weighted by Crippen LogP contribution is -2.55. The number of urea groups is 1. The molecule has 0 radical (unpaired) electrons. The maximum Gasteiger partial charge on any atom is 0.329 e. The molecule has 1 aliphatic heterocycles. The predicted octanol–water partition coefficient (Wildman–Crippen LogP) is 1.71. The Kier molecular flexibility index (Phi) is 6.61. The van der Waals surface area contributed by atoms with E-state index in [0.717, 1.165) is 18.7 Å². The molecule has 6 nitrogen and oxygen atoms in total. The number of rotatable bonds is 5. The molecule has 0 saturated carbocycles. The first kappa shape index (κ1) is 18.3. The van der Waals surface area contributed by atoms with E-state index in [1.165, 1.54) is 0 Å². The molecule has 0 unspecified atom stereocenters. The van der Waals surface area contributed by atoms with Gasteiger partial charge in [-0.1, -0.05) is 44.2 Å². The van der Waals surface area contributed by atoms with Crippen molar-refractivity contribution in [3.63, 3.8) is 0 Å². The van der Waals surface area contributed by atoms with Crippen molar-refractivity contribution in [3.05, 3.63) is 35.9 Å². The highest BCUT2D eigenvalue weighted by molar-refractivity contribution is 5.83. The third-order valence-corrected chi connectivity index (χ3v) is 4.21. The van der Waals surface area contributed by atoms with E-state index in [9.17, 15) is 9.59 Å². The summed E-state index contributed by atoms with van der Waals surface area (Å²) in [4.78, 5) is 28.7. The van der Waals surface area contributed by atoms with Crippen LogP contribution in [-0.2, 0) is 16.1 Å². The Hall–Kier alpha value is -2.08. The lowest BCUT2D eigenvalue weighted by Gasteiger charge is -2.33. The summed E-state index contributed by atoms with van der Waals surface area (Å²) in [5, 5.41) is 2.83. The van der Waals surface area contributed by atoms with E-state index >= 15 is 0 Å². The molecule has 132 valence electrons. The summed E-state index contributed by atoms with van der Waals surface area (Å²) >= 11 is 0. The van der Waals surface area contributed by atoms with Gasteiger partial charge in [0.05, 0.1) is 0 Å². The highest BCUT2D eigenvalue weighted by Gasteiger charge is 2.28. The molecule has 1 aliphatic rings. The Morgan fingerprint density at radius 1 is 1.12 bits per heavy atom. The minimum absolute atomic E-state index is 0.0373. The minimum atomic E-state index is -0.638. The van der Waals surface area contributed by atoms with Gasteiger partial charge in [-0.2, -0.15) is 0 Å². The number of esters is 1. The summed E-state index contributed by atoms with van der Waals surface area (Å²) in [5.41, 5.74) is 0.929. The van der Waals surface area contributed by atoms with E-state index in [2.05, 4.69) is 10.2 Å². The van der Waals surface area contributed by atoms with E-state index in [1.807, 2.05) is 51.2 Å². The monoisotopic (exact) mass is 333 g/mol. The second kappa shape index (κ2) is 8.68. The van der Waals surface area contributed by atoms with Crippen molar-refractivity contribution in [2.45, 2.75) is 26.5 Å². The molecule has 2 rings (SSSR count). The smallest absolute Gasteiger partial charge is 0.329 e. The first-order valence-corrected chi connectivity index (χ1v) is 8.42. The van der Waals surface area contributed by atoms with Crippen molar-refractivity contribution in [1.82, 2.24) is 15.1 Å². The van der Waals surface area contributed by atoms with Crippen LogP contribution in [0.4, 0.5) is 4.79 Å². The number of benzene rings is 1. The molecule has 1 heterocycles. The first-order valence-electron chi connectivity index (χ1n) is 8.42. The summed E-state index contributed by atoms with van der Waals surface area (Å²) in [7, 11) is 2.03. The third kappa shape index (κ3) is 5.23. The number of hydrogen-bond donors (Lipinski definition) is 1. The molecule has 1 saturated heterocycles. The Balaban J connectivity index is 1.88. The van der Waals surface area contributed by atoms with Crippen LogP contribution >= 0.6 is 0 Å². The van der Waals surface area contributed by atoms with Crippen LogP contribution in [0, 0.1) is 5.92 Å². The van der Waals surface area contributed by atoms with Crippen molar-refractivity contribution in [2.75, 3.05) is 33.2 Å². The van der Waals surface area contributed by atoms with Crippen molar-refractivity contribution in [2.24, 2.45) is 5.92 Å². The number of ether oxygens (including phenoxy) is 1. The molecular weight excluding hydrogens is 306 g/mol. The lowest BCUT2D eigenvalue weighted by molar-refractivity contribution is -0.148. The Labute approximate surface area is 143 Å². The minimum Gasteiger partial charge on any atom is -0.459 e. The van der Waals surface area contributed by atoms with Crippen LogP contribution in [0.3, 0.4) is 0 Å². The van der Waals surface area contributed by atoms with E-state index in [-0.39, 0.29) is 18.6 Å². The molecule has 2 amide bonds. The Bertz CT molecular complexity index is 540. The molecule has 24 heavy (non-hydrogen) atoms. The molecule has 0 spiro atoms. The van der Waals surface area contributed by atoms with Gasteiger partial charge < -0.3 is 19.9 Å². The van der Waals surface area contributed by atoms with Crippen LogP contribution in [0.5, 0.6) is 0 Å². The normalized spacial score (nSPS) is 16.8. The van der Waals surface area contributed by atoms with E-state index in [0.29, 0.717) is 13.1 Å². The van der Waals surface area contributed by atoms with Gasteiger partial charge >= 0.3 is 12.0 Å². The SMILES string of the molecule is CC(C)[C@H](NC(=O)N1CCN(C)CC1)C(=O)OCc1ccccc1. The Morgan fingerprint density at radius 2 is 1.75 bits per heavy atom. The standard InChI is InChI=1S/C18H27N3O3/c1-14(2)16(17(22)24-13-15-7-5-4-6-8-15)19-18(23)21-11-9-20(3)10-12-21/h4-8,14,16H,9-13H2,1-3H3,(H,19,23)/t16-/m0/s1. The largest absolute Gasteiger partial charge is 0.459 e. The number of nitrogens with zero attached hydrogens (tertiary/aromatic N) is 2. The highest BCUT2D eigenvalue weighted by atomic mass is 16.5. The molecule has 6 heteroatoms. The van der Waals surface area contributed by atoms with Crippen LogP contribution in [0.25, 0.3) is 0 Å². The van der Waals surface area contributed by atoms with Gasteiger partial charge in [0.1, 0.15) is 12.6 Å². The quantitative estimate of drug-likeness (QED) is 0.834. The van der Waals surface area contributed by atoms with Gasteiger partial charge in [0.15, 0.2) is 0 Å². The number of carbonyl (C=O) groups excluding carboxylic acids is 2. The fraction of sp³-hybridized carbons (Fsp3) is 0.556. The van der Waals surface area contributed by atoms with Crippen LogP contribution in [0.2, 0.25) is 0 Å². The van der Waals surface area contributed by atoms with Gasteiger partial charge in [0.2, 0.25) is 0 Å². The van der Waals surface area contributed by atoms with Crippen LogP contribution in [-0.4, -0.2) is 61.1 Å². The number of likely N-dealkylation sites (N-methyl/N-ethyl adjacent to an activating group) is 1. The van der Waals surface area contributed by atoms with Crippen LogP contribution in [0.1, 0.15) is 19.4 Å². The predicted molar refractivity (Wildman–Crippen MR) is 92.5 cm³/mol. The zero-order valence-corrected chi connectivity index (χ0v) is 14.7. The zero-order valence-electron chi connectivity index (χ0n) is 14.7. The number of nitrogens with one attached hydrogen (secondary N) is 1. The molecule has 0 bridgehead atoms. The summed E-state index contributed by atoms with van der Waals surface area (Å²) < 4.78 is 5.38. The molecule has 0 aliphatic carbocycles. The molecule has 1 fully saturated rings. The molecular formula is C18H27N3O3. The highest BCUT2D eigenvalue weighted by Crippen LogP contribution is 2.09. The average molecular weight is 333 g/mol. The second-order valence-corrected chi connectivity index (χ2v) is 6.55. The van der Waals surface area contributed by atoms with Gasteiger partial charge in [-0.3, -0.25) is 0 Å². The lowest BCUT2D eigenvalue weighted by atomic mass is 10.0. The van der Waals surface area contributed by atoms with Gasteiger partial charge in [0.25, 0.3) is 0 Å². The first-order chi connectivity index (χ1) is 11.5. The summed E-state index contributed by atoms with van der Waals surface area (Å²) in [5.74, 6) is -0.430.